The Balaban J connectivity index is 2.00. The van der Waals surface area contributed by atoms with Crippen molar-refractivity contribution < 1.29 is 14.3 Å². The number of nitrogens with zero attached hydrogens (tertiary/aromatic N) is 1. The normalized spacial score (nSPS) is 12.1. The fourth-order valence-corrected chi connectivity index (χ4v) is 2.96. The molecule has 1 atom stereocenters. The first-order valence-corrected chi connectivity index (χ1v) is 9.25. The number of ether oxygens (including phenoxy) is 2. The summed E-state index contributed by atoms with van der Waals surface area (Å²) in [7, 11) is 3.14. The molecule has 0 fully saturated rings. The fraction of sp³-hybridized carbons (Fsp3) is 0.409. The van der Waals surface area contributed by atoms with E-state index in [-0.39, 0.29) is 11.9 Å². The van der Waals surface area contributed by atoms with E-state index < -0.39 is 0 Å². The topological polar surface area (TPSA) is 50.8 Å². The number of hydrogen-bond acceptors (Lipinski definition) is 4. The smallest absolute Gasteiger partial charge is 0.251 e. The summed E-state index contributed by atoms with van der Waals surface area (Å²) in [4.78, 5) is 15.0. The summed E-state index contributed by atoms with van der Waals surface area (Å²) in [6.07, 6.45) is 0. The number of carbonyl (C=O) groups excluding carboxylic acids is 1. The number of nitrogens with one attached hydrogen (secondary N) is 1. The average molecular weight is 370 g/mol. The van der Waals surface area contributed by atoms with E-state index in [4.69, 9.17) is 9.47 Å². The lowest BCUT2D eigenvalue weighted by Gasteiger charge is -2.29. The van der Waals surface area contributed by atoms with Gasteiger partial charge in [-0.15, -0.1) is 0 Å². The molecule has 2 rings (SSSR count). The van der Waals surface area contributed by atoms with E-state index in [2.05, 4.69) is 48.3 Å². The van der Waals surface area contributed by atoms with Gasteiger partial charge >= 0.3 is 0 Å². The van der Waals surface area contributed by atoms with Crippen molar-refractivity contribution in [1.29, 1.82) is 0 Å². The van der Waals surface area contributed by atoms with Gasteiger partial charge in [0, 0.05) is 30.7 Å². The quantitative estimate of drug-likeness (QED) is 0.731. The van der Waals surface area contributed by atoms with Crippen molar-refractivity contribution in [2.75, 3.05) is 20.8 Å². The SMILES string of the molecule is COc1ccc(C(=O)NC(C)CN(Cc2ccccc2)C(C)C)cc1OC. The Morgan fingerprint density at radius 1 is 1.00 bits per heavy atom. The van der Waals surface area contributed by atoms with Gasteiger partial charge < -0.3 is 14.8 Å². The lowest BCUT2D eigenvalue weighted by atomic mass is 10.1. The van der Waals surface area contributed by atoms with E-state index in [9.17, 15) is 4.79 Å². The monoisotopic (exact) mass is 370 g/mol. The zero-order valence-corrected chi connectivity index (χ0v) is 16.9. The average Bonchev–Trinajstić information content (AvgIpc) is 2.67. The predicted molar refractivity (Wildman–Crippen MR) is 108 cm³/mol. The Bertz CT molecular complexity index is 732. The van der Waals surface area contributed by atoms with Crippen molar-refractivity contribution in [3.05, 3.63) is 59.7 Å². The maximum absolute atomic E-state index is 12.6. The van der Waals surface area contributed by atoms with Crippen LogP contribution in [0.25, 0.3) is 0 Å². The third-order valence-electron chi connectivity index (χ3n) is 4.49. The number of hydrogen-bond donors (Lipinski definition) is 1. The van der Waals surface area contributed by atoms with Crippen molar-refractivity contribution in [3.63, 3.8) is 0 Å². The zero-order valence-electron chi connectivity index (χ0n) is 16.9. The summed E-state index contributed by atoms with van der Waals surface area (Å²) >= 11 is 0. The van der Waals surface area contributed by atoms with Gasteiger partial charge in [-0.1, -0.05) is 30.3 Å². The molecule has 5 nitrogen and oxygen atoms in total. The van der Waals surface area contributed by atoms with E-state index in [1.165, 1.54) is 5.56 Å². The van der Waals surface area contributed by atoms with Crippen LogP contribution in [0.4, 0.5) is 0 Å². The lowest BCUT2D eigenvalue weighted by molar-refractivity contribution is 0.0921. The fourth-order valence-electron chi connectivity index (χ4n) is 2.96. The third kappa shape index (κ3) is 6.00. The molecule has 1 N–H and O–H groups in total. The van der Waals surface area contributed by atoms with Gasteiger partial charge in [-0.25, -0.2) is 0 Å². The standard InChI is InChI=1S/C22H30N2O3/c1-16(2)24(15-18-9-7-6-8-10-18)14-17(3)23-22(25)19-11-12-20(26-4)21(13-19)27-5/h6-13,16-17H,14-15H2,1-5H3,(H,23,25). The van der Waals surface area contributed by atoms with Crippen LogP contribution in [0, 0.1) is 0 Å². The molecular weight excluding hydrogens is 340 g/mol. The Kier molecular flexibility index (Phi) is 7.67. The molecule has 1 amide bonds. The van der Waals surface area contributed by atoms with Gasteiger partial charge in [0.25, 0.3) is 5.91 Å². The van der Waals surface area contributed by atoms with Crippen LogP contribution >= 0.6 is 0 Å². The molecule has 146 valence electrons. The second-order valence-corrected chi connectivity index (χ2v) is 6.95. The van der Waals surface area contributed by atoms with Crippen molar-refractivity contribution in [2.24, 2.45) is 0 Å². The molecule has 0 spiro atoms. The van der Waals surface area contributed by atoms with Gasteiger partial charge in [0.05, 0.1) is 14.2 Å². The van der Waals surface area contributed by atoms with Crippen molar-refractivity contribution in [1.82, 2.24) is 10.2 Å². The largest absolute Gasteiger partial charge is 0.493 e. The van der Waals surface area contributed by atoms with E-state index in [1.807, 2.05) is 13.0 Å². The van der Waals surface area contributed by atoms with Gasteiger partial charge in [0.15, 0.2) is 11.5 Å². The highest BCUT2D eigenvalue weighted by molar-refractivity contribution is 5.95. The minimum Gasteiger partial charge on any atom is -0.493 e. The molecule has 2 aromatic rings. The molecular formula is C22H30N2O3. The van der Waals surface area contributed by atoms with Crippen molar-refractivity contribution >= 4 is 5.91 Å². The van der Waals surface area contributed by atoms with Crippen LogP contribution in [0.3, 0.4) is 0 Å². The van der Waals surface area contributed by atoms with E-state index in [1.54, 1.807) is 32.4 Å². The maximum atomic E-state index is 12.6. The zero-order chi connectivity index (χ0) is 19.8. The van der Waals surface area contributed by atoms with E-state index in [0.29, 0.717) is 23.1 Å². The maximum Gasteiger partial charge on any atom is 0.251 e. The highest BCUT2D eigenvalue weighted by Gasteiger charge is 2.17. The minimum atomic E-state index is -0.119. The summed E-state index contributed by atoms with van der Waals surface area (Å²) < 4.78 is 10.5. The van der Waals surface area contributed by atoms with Crippen LogP contribution in [0.2, 0.25) is 0 Å². The molecule has 0 aromatic heterocycles. The molecule has 1 unspecified atom stereocenters. The summed E-state index contributed by atoms with van der Waals surface area (Å²) in [5.74, 6) is 1.04. The molecule has 5 heteroatoms. The number of benzene rings is 2. The predicted octanol–water partition coefficient (Wildman–Crippen LogP) is 3.73. The second-order valence-electron chi connectivity index (χ2n) is 6.95. The Labute approximate surface area is 162 Å². The Morgan fingerprint density at radius 2 is 1.67 bits per heavy atom. The van der Waals surface area contributed by atoms with Crippen LogP contribution in [-0.2, 0) is 6.54 Å². The molecule has 0 saturated heterocycles. The van der Waals surface area contributed by atoms with Crippen LogP contribution in [-0.4, -0.2) is 43.7 Å². The van der Waals surface area contributed by atoms with Gasteiger partial charge in [-0.3, -0.25) is 9.69 Å². The number of methoxy groups -OCH3 is 2. The first-order chi connectivity index (χ1) is 12.9. The summed E-state index contributed by atoms with van der Waals surface area (Å²) in [6, 6.07) is 16.0. The van der Waals surface area contributed by atoms with Crippen molar-refractivity contribution in [2.45, 2.75) is 39.4 Å². The van der Waals surface area contributed by atoms with Crippen LogP contribution in [0.15, 0.2) is 48.5 Å². The van der Waals surface area contributed by atoms with Gasteiger partial charge in [-0.05, 0) is 44.5 Å². The van der Waals surface area contributed by atoms with Crippen LogP contribution in [0.1, 0.15) is 36.7 Å². The number of amides is 1. The highest BCUT2D eigenvalue weighted by atomic mass is 16.5. The number of rotatable bonds is 9. The van der Waals surface area contributed by atoms with E-state index >= 15 is 0 Å². The Hall–Kier alpha value is -2.53. The van der Waals surface area contributed by atoms with Crippen LogP contribution in [0.5, 0.6) is 11.5 Å². The van der Waals surface area contributed by atoms with Crippen molar-refractivity contribution in [3.8, 4) is 11.5 Å². The molecule has 2 aromatic carbocycles. The van der Waals surface area contributed by atoms with E-state index in [0.717, 1.165) is 13.1 Å². The van der Waals surface area contributed by atoms with Crippen LogP contribution < -0.4 is 14.8 Å². The molecule has 0 bridgehead atoms. The number of carbonyl (C=O) groups is 1. The molecule has 0 heterocycles. The summed E-state index contributed by atoms with van der Waals surface area (Å²) in [5.41, 5.74) is 1.82. The molecule has 0 radical (unpaired) electrons. The Morgan fingerprint density at radius 3 is 2.26 bits per heavy atom. The van der Waals surface area contributed by atoms with Gasteiger partial charge in [0.1, 0.15) is 0 Å². The van der Waals surface area contributed by atoms with Gasteiger partial charge in [0.2, 0.25) is 0 Å². The summed E-state index contributed by atoms with van der Waals surface area (Å²) in [5, 5.41) is 3.08. The van der Waals surface area contributed by atoms with Gasteiger partial charge in [-0.2, -0.15) is 0 Å². The molecule has 0 aliphatic heterocycles. The molecule has 0 saturated carbocycles. The second kappa shape index (κ2) is 9.97. The molecule has 0 aliphatic rings. The molecule has 0 aliphatic carbocycles. The summed E-state index contributed by atoms with van der Waals surface area (Å²) in [6.45, 7) is 8.00. The third-order valence-corrected chi connectivity index (χ3v) is 4.49. The molecule has 27 heavy (non-hydrogen) atoms. The minimum absolute atomic E-state index is 0.0108. The highest BCUT2D eigenvalue weighted by Crippen LogP contribution is 2.27. The lowest BCUT2D eigenvalue weighted by Crippen LogP contribution is -2.44. The first-order valence-electron chi connectivity index (χ1n) is 9.25. The first kappa shape index (κ1) is 20.8.